The molecular weight excluding hydrogens is 239 g/mol. The van der Waals surface area contributed by atoms with Gasteiger partial charge in [0.05, 0.1) is 5.69 Å². The van der Waals surface area contributed by atoms with Gasteiger partial charge in [0, 0.05) is 17.2 Å². The molecule has 2 rings (SSSR count). The molecule has 2 N–H and O–H groups in total. The third kappa shape index (κ3) is 2.88. The van der Waals surface area contributed by atoms with Gasteiger partial charge < -0.3 is 10.2 Å². The number of nitrogens with zero attached hydrogens (tertiary/aromatic N) is 2. The van der Waals surface area contributed by atoms with E-state index in [9.17, 15) is 10.2 Å². The molecule has 0 aliphatic heterocycles. The van der Waals surface area contributed by atoms with Gasteiger partial charge in [0.15, 0.2) is 0 Å². The Morgan fingerprint density at radius 2 is 1.68 bits per heavy atom. The largest absolute Gasteiger partial charge is 0.356 e. The van der Waals surface area contributed by atoms with Gasteiger partial charge in [0.2, 0.25) is 13.7 Å². The highest BCUT2D eigenvalue weighted by Gasteiger charge is 2.27. The maximum Gasteiger partial charge on any atom is 0.215 e. The second-order valence-corrected chi connectivity index (χ2v) is 5.92. The zero-order valence-corrected chi connectivity index (χ0v) is 11.8. The number of aromatic nitrogens is 2. The molecule has 1 heterocycles. The lowest BCUT2D eigenvalue weighted by Gasteiger charge is -2.19. The van der Waals surface area contributed by atoms with Gasteiger partial charge in [0.1, 0.15) is 0 Å². The fourth-order valence-electron chi connectivity index (χ4n) is 1.97. The van der Waals surface area contributed by atoms with Crippen LogP contribution < -0.4 is 0 Å². The van der Waals surface area contributed by atoms with Gasteiger partial charge in [0.25, 0.3) is 0 Å². The van der Waals surface area contributed by atoms with E-state index >= 15 is 0 Å². The summed E-state index contributed by atoms with van der Waals surface area (Å²) in [6.45, 7) is 6.16. The minimum Gasteiger partial charge on any atom is -0.356 e. The van der Waals surface area contributed by atoms with E-state index in [4.69, 9.17) is 0 Å². The van der Waals surface area contributed by atoms with E-state index < -0.39 is 5.81 Å². The number of hydrogen-bond donors (Lipinski definition) is 2. The maximum absolute atomic E-state index is 9.70. The summed E-state index contributed by atoms with van der Waals surface area (Å²) in [7, 11) is 1.29. The van der Waals surface area contributed by atoms with Gasteiger partial charge in [-0.1, -0.05) is 51.1 Å². The zero-order valence-electron chi connectivity index (χ0n) is 11.8. The molecule has 0 saturated carbocycles. The normalized spacial score (nSPS) is 12.7. The van der Waals surface area contributed by atoms with E-state index in [-0.39, 0.29) is 5.41 Å². The molecule has 0 aliphatic rings. The SMILES string of the molecule is BC(O)(O)n1cc(-c2ccccc2)c(C(C)(C)C)n1. The number of benzene rings is 1. The van der Waals surface area contributed by atoms with Gasteiger partial charge in [-0.2, -0.15) is 5.10 Å². The van der Waals surface area contributed by atoms with Gasteiger partial charge in [-0.05, 0) is 5.56 Å². The minimum absolute atomic E-state index is 0.179. The quantitative estimate of drug-likeness (QED) is 0.625. The van der Waals surface area contributed by atoms with E-state index in [2.05, 4.69) is 25.9 Å². The summed E-state index contributed by atoms with van der Waals surface area (Å²) in [5, 5.41) is 23.7. The number of hydrogen-bond acceptors (Lipinski definition) is 3. The molecule has 1 aromatic heterocycles. The van der Waals surface area contributed by atoms with Crippen molar-refractivity contribution in [2.45, 2.75) is 32.0 Å². The van der Waals surface area contributed by atoms with Crippen molar-refractivity contribution in [2.24, 2.45) is 0 Å². The predicted molar refractivity (Wildman–Crippen MR) is 77.3 cm³/mol. The topological polar surface area (TPSA) is 58.3 Å². The molecule has 100 valence electrons. The Hall–Kier alpha value is -1.59. The summed E-state index contributed by atoms with van der Waals surface area (Å²) >= 11 is 0. The van der Waals surface area contributed by atoms with Gasteiger partial charge in [-0.15, -0.1) is 0 Å². The highest BCUT2D eigenvalue weighted by atomic mass is 16.5. The monoisotopic (exact) mass is 258 g/mol. The Kier molecular flexibility index (Phi) is 3.28. The van der Waals surface area contributed by atoms with E-state index in [0.29, 0.717) is 0 Å². The lowest BCUT2D eigenvalue weighted by atomic mass is 9.87. The first-order valence-electron chi connectivity index (χ1n) is 6.30. The van der Waals surface area contributed by atoms with Crippen LogP contribution in [-0.4, -0.2) is 27.8 Å². The number of rotatable bonds is 2. The summed E-state index contributed by atoms with van der Waals surface area (Å²) in [4.78, 5) is 0. The van der Waals surface area contributed by atoms with Crippen molar-refractivity contribution in [2.75, 3.05) is 0 Å². The molecule has 0 spiro atoms. The van der Waals surface area contributed by atoms with Crippen LogP contribution in [0.2, 0.25) is 0 Å². The van der Waals surface area contributed by atoms with Crippen LogP contribution in [0.4, 0.5) is 0 Å². The van der Waals surface area contributed by atoms with Crippen LogP contribution in [0.3, 0.4) is 0 Å². The standard InChI is InChI=1S/C14H19BN2O2/c1-13(2,3)12-11(10-7-5-4-6-8-10)9-17(16-12)14(15,18)19/h4-9,18-19H,15H2,1-3H3. The first-order chi connectivity index (χ1) is 8.69. The first-order valence-corrected chi connectivity index (χ1v) is 6.30. The molecule has 0 bridgehead atoms. The van der Waals surface area contributed by atoms with Crippen LogP contribution in [0.5, 0.6) is 0 Å². The number of aliphatic hydroxyl groups is 2. The summed E-state index contributed by atoms with van der Waals surface area (Å²) in [5.41, 5.74) is 2.60. The molecule has 1 aromatic carbocycles. The molecule has 0 atom stereocenters. The van der Waals surface area contributed by atoms with Crippen molar-refractivity contribution in [1.82, 2.24) is 9.78 Å². The minimum atomic E-state index is -1.99. The summed E-state index contributed by atoms with van der Waals surface area (Å²) in [6.07, 6.45) is 1.68. The van der Waals surface area contributed by atoms with Crippen LogP contribution in [0, 0.1) is 0 Å². The Morgan fingerprint density at radius 3 is 2.16 bits per heavy atom. The van der Waals surface area contributed by atoms with Crippen LogP contribution in [0.1, 0.15) is 26.5 Å². The maximum atomic E-state index is 9.70. The fourth-order valence-corrected chi connectivity index (χ4v) is 1.97. The lowest BCUT2D eigenvalue weighted by molar-refractivity contribution is -0.160. The fraction of sp³-hybridized carbons (Fsp3) is 0.357. The lowest BCUT2D eigenvalue weighted by Crippen LogP contribution is -2.34. The van der Waals surface area contributed by atoms with Crippen LogP contribution in [-0.2, 0) is 11.2 Å². The highest BCUT2D eigenvalue weighted by Crippen LogP contribution is 2.32. The van der Waals surface area contributed by atoms with Crippen LogP contribution >= 0.6 is 0 Å². The molecule has 19 heavy (non-hydrogen) atoms. The zero-order chi connectivity index (χ0) is 14.3. The van der Waals surface area contributed by atoms with E-state index in [1.165, 1.54) is 12.5 Å². The molecule has 0 amide bonds. The van der Waals surface area contributed by atoms with Crippen molar-refractivity contribution in [3.63, 3.8) is 0 Å². The molecule has 0 fully saturated rings. The second-order valence-electron chi connectivity index (χ2n) is 5.92. The predicted octanol–water partition coefficient (Wildman–Crippen LogP) is 1.03. The smallest absolute Gasteiger partial charge is 0.215 e. The van der Waals surface area contributed by atoms with Gasteiger partial charge in [-0.3, -0.25) is 0 Å². The average molecular weight is 258 g/mol. The molecule has 0 radical (unpaired) electrons. The molecule has 0 unspecified atom stereocenters. The van der Waals surface area contributed by atoms with Gasteiger partial charge in [-0.25, -0.2) is 4.68 Å². The second kappa shape index (κ2) is 4.51. The summed E-state index contributed by atoms with van der Waals surface area (Å²) < 4.78 is 1.19. The van der Waals surface area contributed by atoms with Crippen molar-refractivity contribution in [3.8, 4) is 11.1 Å². The molecule has 4 nitrogen and oxygen atoms in total. The third-order valence-corrected chi connectivity index (χ3v) is 2.94. The van der Waals surface area contributed by atoms with Gasteiger partial charge >= 0.3 is 0 Å². The van der Waals surface area contributed by atoms with Crippen LogP contribution in [0.15, 0.2) is 36.5 Å². The summed E-state index contributed by atoms with van der Waals surface area (Å²) in [6, 6.07) is 9.84. The summed E-state index contributed by atoms with van der Waals surface area (Å²) in [5.74, 6) is -1.99. The third-order valence-electron chi connectivity index (χ3n) is 2.94. The molecule has 2 aromatic rings. The van der Waals surface area contributed by atoms with Crippen LogP contribution in [0.25, 0.3) is 11.1 Å². The first kappa shape index (κ1) is 13.8. The Bertz CT molecular complexity index is 565. The highest BCUT2D eigenvalue weighted by molar-refractivity contribution is 6.11. The molecular formula is C14H19BN2O2. The molecule has 0 saturated heterocycles. The van der Waals surface area contributed by atoms with Crippen molar-refractivity contribution >= 4 is 7.85 Å². The van der Waals surface area contributed by atoms with E-state index in [1.54, 1.807) is 6.20 Å². The Labute approximate surface area is 114 Å². The average Bonchev–Trinajstić information content (AvgIpc) is 2.74. The van der Waals surface area contributed by atoms with Crippen molar-refractivity contribution < 1.29 is 10.2 Å². The van der Waals surface area contributed by atoms with Crippen molar-refractivity contribution in [3.05, 3.63) is 42.2 Å². The van der Waals surface area contributed by atoms with E-state index in [1.807, 2.05) is 30.3 Å². The van der Waals surface area contributed by atoms with E-state index in [0.717, 1.165) is 16.8 Å². The Morgan fingerprint density at radius 1 is 1.11 bits per heavy atom. The van der Waals surface area contributed by atoms with Crippen molar-refractivity contribution in [1.29, 1.82) is 0 Å². The molecule has 5 heteroatoms. The molecule has 0 aliphatic carbocycles. The Balaban J connectivity index is 2.63.